The van der Waals surface area contributed by atoms with Crippen molar-refractivity contribution in [2.24, 2.45) is 7.05 Å². The van der Waals surface area contributed by atoms with Crippen LogP contribution in [0.4, 0.5) is 0 Å². The van der Waals surface area contributed by atoms with Gasteiger partial charge in [-0.05, 0) is 30.0 Å². The molecule has 106 valence electrons. The van der Waals surface area contributed by atoms with Crippen molar-refractivity contribution in [2.75, 3.05) is 0 Å². The number of aryl methyl sites for hydroxylation is 3. The van der Waals surface area contributed by atoms with Gasteiger partial charge in [-0.3, -0.25) is 9.48 Å². The van der Waals surface area contributed by atoms with E-state index in [2.05, 4.69) is 5.10 Å². The zero-order valence-corrected chi connectivity index (χ0v) is 11.6. The number of rotatable bonds is 5. The van der Waals surface area contributed by atoms with E-state index >= 15 is 0 Å². The Kier molecular flexibility index (Phi) is 4.20. The first kappa shape index (κ1) is 14.3. The summed E-state index contributed by atoms with van der Waals surface area (Å²) in [7, 11) is 1.84. The summed E-state index contributed by atoms with van der Waals surface area (Å²) in [6, 6.07) is 5.57. The molecule has 0 spiro atoms. The number of carboxylic acids is 1. The van der Waals surface area contributed by atoms with Crippen LogP contribution < -0.4 is 0 Å². The fraction of sp³-hybridized carbons (Fsp3) is 0.333. The molecule has 2 rings (SSSR count). The molecule has 0 saturated heterocycles. The molecular weight excluding hydrogens is 256 g/mol. The van der Waals surface area contributed by atoms with Crippen LogP contribution >= 0.6 is 0 Å². The van der Waals surface area contributed by atoms with Crippen LogP contribution in [0, 0.1) is 6.92 Å². The van der Waals surface area contributed by atoms with E-state index in [4.69, 9.17) is 5.11 Å². The van der Waals surface area contributed by atoms with Crippen LogP contribution in [0.2, 0.25) is 0 Å². The molecule has 0 atom stereocenters. The summed E-state index contributed by atoms with van der Waals surface area (Å²) in [4.78, 5) is 10.8. The topological polar surface area (TPSA) is 75.3 Å². The van der Waals surface area contributed by atoms with Crippen molar-refractivity contribution in [1.82, 2.24) is 9.78 Å². The maximum absolute atomic E-state index is 10.8. The third-order valence-corrected chi connectivity index (χ3v) is 3.26. The third-order valence-electron chi connectivity index (χ3n) is 3.26. The van der Waals surface area contributed by atoms with E-state index < -0.39 is 5.97 Å². The van der Waals surface area contributed by atoms with Crippen molar-refractivity contribution in [3.8, 4) is 11.3 Å². The van der Waals surface area contributed by atoms with Crippen LogP contribution in [0.25, 0.3) is 11.3 Å². The molecule has 0 radical (unpaired) electrons. The number of aromatic nitrogens is 2. The molecule has 0 amide bonds. The third kappa shape index (κ3) is 2.88. The molecule has 0 saturated carbocycles. The second kappa shape index (κ2) is 5.88. The fourth-order valence-electron chi connectivity index (χ4n) is 2.39. The van der Waals surface area contributed by atoms with Gasteiger partial charge in [0.25, 0.3) is 0 Å². The monoisotopic (exact) mass is 274 g/mol. The van der Waals surface area contributed by atoms with Crippen molar-refractivity contribution in [3.63, 3.8) is 0 Å². The van der Waals surface area contributed by atoms with Crippen LogP contribution in [0.5, 0.6) is 0 Å². The number of hydrogen-bond acceptors (Lipinski definition) is 3. The molecule has 0 unspecified atom stereocenters. The molecule has 2 aromatic rings. The van der Waals surface area contributed by atoms with Crippen LogP contribution in [0.15, 0.2) is 24.4 Å². The first-order chi connectivity index (χ1) is 9.52. The minimum absolute atomic E-state index is 0.0633. The summed E-state index contributed by atoms with van der Waals surface area (Å²) < 4.78 is 1.72. The highest BCUT2D eigenvalue weighted by atomic mass is 16.4. The zero-order valence-electron chi connectivity index (χ0n) is 11.6. The molecule has 0 aliphatic heterocycles. The zero-order chi connectivity index (χ0) is 14.7. The first-order valence-electron chi connectivity index (χ1n) is 6.47. The van der Waals surface area contributed by atoms with Gasteiger partial charge in [-0.15, -0.1) is 0 Å². The van der Waals surface area contributed by atoms with Gasteiger partial charge in [0.15, 0.2) is 0 Å². The maximum Gasteiger partial charge on any atom is 0.303 e. The van der Waals surface area contributed by atoms with E-state index in [9.17, 15) is 9.90 Å². The fourth-order valence-corrected chi connectivity index (χ4v) is 2.39. The molecule has 0 bridgehead atoms. The second-order valence-electron chi connectivity index (χ2n) is 4.84. The minimum Gasteiger partial charge on any atom is -0.481 e. The van der Waals surface area contributed by atoms with Gasteiger partial charge in [0.05, 0.1) is 12.3 Å². The number of benzene rings is 1. The molecule has 0 aliphatic carbocycles. The standard InChI is InChI=1S/C15H18N2O3/c1-10-8-17(2)16-15(10)14-11(6-7-13(19)20)4-3-5-12(14)9-18/h3-5,8,18H,6-7,9H2,1-2H3,(H,19,20). The Morgan fingerprint density at radius 2 is 2.05 bits per heavy atom. The molecule has 1 aromatic carbocycles. The predicted octanol–water partition coefficient (Wildman–Crippen LogP) is 1.91. The first-order valence-corrected chi connectivity index (χ1v) is 6.47. The van der Waals surface area contributed by atoms with Gasteiger partial charge in [0, 0.05) is 25.2 Å². The Balaban J connectivity index is 2.53. The normalized spacial score (nSPS) is 10.8. The largest absolute Gasteiger partial charge is 0.481 e. The number of carboxylic acid groups (broad SMARTS) is 1. The van der Waals surface area contributed by atoms with E-state index in [-0.39, 0.29) is 13.0 Å². The highest BCUT2D eigenvalue weighted by Gasteiger charge is 2.16. The summed E-state index contributed by atoms with van der Waals surface area (Å²) >= 11 is 0. The molecule has 20 heavy (non-hydrogen) atoms. The van der Waals surface area contributed by atoms with Crippen LogP contribution in [0.3, 0.4) is 0 Å². The van der Waals surface area contributed by atoms with Crippen molar-refractivity contribution in [3.05, 3.63) is 41.1 Å². The summed E-state index contributed by atoms with van der Waals surface area (Å²) in [5.74, 6) is -0.830. The molecule has 5 heteroatoms. The van der Waals surface area contributed by atoms with Gasteiger partial charge < -0.3 is 10.2 Å². The second-order valence-corrected chi connectivity index (χ2v) is 4.84. The lowest BCUT2D eigenvalue weighted by atomic mass is 9.94. The lowest BCUT2D eigenvalue weighted by Crippen LogP contribution is -2.02. The lowest BCUT2D eigenvalue weighted by Gasteiger charge is -2.12. The Morgan fingerprint density at radius 1 is 1.35 bits per heavy atom. The van der Waals surface area contributed by atoms with E-state index in [1.54, 1.807) is 4.68 Å². The lowest BCUT2D eigenvalue weighted by molar-refractivity contribution is -0.136. The maximum atomic E-state index is 10.8. The molecule has 0 fully saturated rings. The number of nitrogens with zero attached hydrogens (tertiary/aromatic N) is 2. The summed E-state index contributed by atoms with van der Waals surface area (Å²) in [6.45, 7) is 1.86. The molecular formula is C15H18N2O3. The van der Waals surface area contributed by atoms with Crippen molar-refractivity contribution in [1.29, 1.82) is 0 Å². The average Bonchev–Trinajstić information content (AvgIpc) is 2.74. The van der Waals surface area contributed by atoms with Crippen molar-refractivity contribution in [2.45, 2.75) is 26.4 Å². The Morgan fingerprint density at radius 3 is 2.60 bits per heavy atom. The highest BCUT2D eigenvalue weighted by molar-refractivity contribution is 5.72. The number of aliphatic hydroxyl groups excluding tert-OH is 1. The van der Waals surface area contributed by atoms with E-state index in [0.717, 1.165) is 27.9 Å². The van der Waals surface area contributed by atoms with E-state index in [1.807, 2.05) is 38.4 Å². The van der Waals surface area contributed by atoms with Crippen LogP contribution in [0.1, 0.15) is 23.1 Å². The molecule has 0 aliphatic rings. The van der Waals surface area contributed by atoms with Gasteiger partial charge in [-0.2, -0.15) is 5.10 Å². The molecule has 1 heterocycles. The van der Waals surface area contributed by atoms with Crippen molar-refractivity contribution >= 4 is 5.97 Å². The molecule has 2 N–H and O–H groups in total. The SMILES string of the molecule is Cc1cn(C)nc1-c1c(CO)cccc1CCC(=O)O. The summed E-state index contributed by atoms with van der Waals surface area (Å²) in [6.07, 6.45) is 2.40. The number of aliphatic carboxylic acids is 1. The Labute approximate surface area is 117 Å². The van der Waals surface area contributed by atoms with Gasteiger partial charge in [0.2, 0.25) is 0 Å². The van der Waals surface area contributed by atoms with E-state index in [0.29, 0.717) is 6.42 Å². The predicted molar refractivity (Wildman–Crippen MR) is 75.3 cm³/mol. The van der Waals surface area contributed by atoms with Gasteiger partial charge in [-0.25, -0.2) is 0 Å². The molecule has 1 aromatic heterocycles. The quantitative estimate of drug-likeness (QED) is 0.873. The Bertz CT molecular complexity index is 632. The van der Waals surface area contributed by atoms with Crippen molar-refractivity contribution < 1.29 is 15.0 Å². The van der Waals surface area contributed by atoms with Crippen LogP contribution in [-0.2, 0) is 24.9 Å². The Hall–Kier alpha value is -2.14. The van der Waals surface area contributed by atoms with Crippen LogP contribution in [-0.4, -0.2) is 26.0 Å². The summed E-state index contributed by atoms with van der Waals surface area (Å²) in [5, 5.41) is 22.8. The smallest absolute Gasteiger partial charge is 0.303 e. The number of aliphatic hydroxyl groups is 1. The van der Waals surface area contributed by atoms with E-state index in [1.165, 1.54) is 0 Å². The van der Waals surface area contributed by atoms with Gasteiger partial charge in [-0.1, -0.05) is 18.2 Å². The summed E-state index contributed by atoms with van der Waals surface area (Å²) in [5.41, 5.74) is 4.34. The van der Waals surface area contributed by atoms with Gasteiger partial charge in [0.1, 0.15) is 0 Å². The minimum atomic E-state index is -0.830. The number of hydrogen-bond donors (Lipinski definition) is 2. The average molecular weight is 274 g/mol. The van der Waals surface area contributed by atoms with Gasteiger partial charge >= 0.3 is 5.97 Å². The highest BCUT2D eigenvalue weighted by Crippen LogP contribution is 2.30. The molecule has 5 nitrogen and oxygen atoms in total. The number of carbonyl (C=O) groups is 1.